The van der Waals surface area contributed by atoms with Gasteiger partial charge in [-0.25, -0.2) is 4.39 Å². The highest BCUT2D eigenvalue weighted by Crippen LogP contribution is 2.39. The van der Waals surface area contributed by atoms with Gasteiger partial charge in [0, 0.05) is 0 Å². The maximum absolute atomic E-state index is 14.6. The molecule has 0 radical (unpaired) electrons. The van der Waals surface area contributed by atoms with Crippen molar-refractivity contribution in [3.63, 3.8) is 0 Å². The highest BCUT2D eigenvalue weighted by Gasteiger charge is 2.29. The molecular weight excluding hydrogens is 323 g/mol. The number of ether oxygens (including phenoxy) is 1. The Labute approximate surface area is 160 Å². The fourth-order valence-corrected chi connectivity index (χ4v) is 4.65. The van der Waals surface area contributed by atoms with E-state index >= 15 is 0 Å². The minimum Gasteiger partial charge on any atom is -0.491 e. The lowest BCUT2D eigenvalue weighted by Crippen LogP contribution is -2.26. The van der Waals surface area contributed by atoms with Crippen LogP contribution < -0.4 is 4.74 Å². The van der Waals surface area contributed by atoms with Crippen LogP contribution in [-0.2, 0) is 0 Å². The summed E-state index contributed by atoms with van der Waals surface area (Å²) in [6.07, 6.45) is 13.0. The average molecular weight is 363 g/mol. The van der Waals surface area contributed by atoms with Gasteiger partial charge in [0.1, 0.15) is 18.5 Å². The highest BCUT2D eigenvalue weighted by molar-refractivity contribution is 5.20. The molecule has 0 heterocycles. The van der Waals surface area contributed by atoms with Crippen LogP contribution in [0.5, 0.6) is 5.75 Å². The predicted octanol–water partition coefficient (Wildman–Crippen LogP) is 7.60. The molecule has 148 valence electrons. The summed E-state index contributed by atoms with van der Waals surface area (Å²) in [7, 11) is 0. The molecule has 1 fully saturated rings. The van der Waals surface area contributed by atoms with E-state index in [1.165, 1.54) is 51.4 Å². The van der Waals surface area contributed by atoms with Gasteiger partial charge in [-0.15, -0.1) is 0 Å². The van der Waals surface area contributed by atoms with E-state index in [1.807, 2.05) is 30.3 Å². The lowest BCUT2D eigenvalue weighted by molar-refractivity contribution is 0.120. The van der Waals surface area contributed by atoms with Crippen molar-refractivity contribution in [2.45, 2.75) is 90.6 Å². The largest absolute Gasteiger partial charge is 0.491 e. The fourth-order valence-electron chi connectivity index (χ4n) is 4.65. The molecule has 0 N–H and O–H groups in total. The number of benzene rings is 1. The number of hydrogen-bond donors (Lipinski definition) is 0. The second kappa shape index (κ2) is 12.4. The molecule has 2 heteroatoms. The van der Waals surface area contributed by atoms with Gasteiger partial charge in [-0.1, -0.05) is 83.4 Å². The third-order valence-corrected chi connectivity index (χ3v) is 6.17. The molecule has 26 heavy (non-hydrogen) atoms. The molecule has 2 atom stereocenters. The first-order chi connectivity index (χ1) is 12.7. The fraction of sp³-hybridized carbons (Fsp3) is 0.750. The summed E-state index contributed by atoms with van der Waals surface area (Å²) < 4.78 is 20.2. The molecule has 0 aromatic heterocycles. The van der Waals surface area contributed by atoms with Crippen molar-refractivity contribution in [2.24, 2.45) is 17.8 Å². The Morgan fingerprint density at radius 3 is 2.38 bits per heavy atom. The lowest BCUT2D eigenvalue weighted by Gasteiger charge is -2.34. The second-order valence-corrected chi connectivity index (χ2v) is 8.28. The second-order valence-electron chi connectivity index (χ2n) is 8.28. The van der Waals surface area contributed by atoms with E-state index in [0.717, 1.165) is 30.4 Å². The van der Waals surface area contributed by atoms with E-state index < -0.39 is 6.17 Å². The Balaban J connectivity index is 1.73. The third kappa shape index (κ3) is 7.68. The van der Waals surface area contributed by atoms with Crippen molar-refractivity contribution in [2.75, 3.05) is 6.61 Å². The van der Waals surface area contributed by atoms with Crippen LogP contribution in [0.15, 0.2) is 30.3 Å². The summed E-state index contributed by atoms with van der Waals surface area (Å²) in [6.45, 7) is 4.70. The van der Waals surface area contributed by atoms with E-state index in [9.17, 15) is 4.39 Å². The van der Waals surface area contributed by atoms with Gasteiger partial charge < -0.3 is 4.74 Å². The topological polar surface area (TPSA) is 9.23 Å². The summed E-state index contributed by atoms with van der Waals surface area (Å²) in [5.74, 6) is 2.97. The molecule has 2 unspecified atom stereocenters. The van der Waals surface area contributed by atoms with E-state index in [1.54, 1.807) is 0 Å². The summed E-state index contributed by atoms with van der Waals surface area (Å²) >= 11 is 0. The summed E-state index contributed by atoms with van der Waals surface area (Å²) in [4.78, 5) is 0. The van der Waals surface area contributed by atoms with Crippen LogP contribution >= 0.6 is 0 Å². The first-order valence-corrected chi connectivity index (χ1v) is 11.0. The summed E-state index contributed by atoms with van der Waals surface area (Å²) in [6, 6.07) is 9.62. The molecule has 0 spiro atoms. The molecular formula is C24H39FO. The standard InChI is InChI=1S/C24H39FO/c1-3-5-7-11-20-14-16-21(17-15-20)22(10-4-2)18-23(25)19-26-24-12-8-6-9-13-24/h6,8-9,12-13,20-23H,3-5,7,10-11,14-19H2,1-2H3/t20-,21-,22?,23?. The smallest absolute Gasteiger partial charge is 0.134 e. The molecule has 1 aromatic rings. The van der Waals surface area contributed by atoms with Crippen LogP contribution in [0.4, 0.5) is 4.39 Å². The number of alkyl halides is 1. The van der Waals surface area contributed by atoms with E-state index in [-0.39, 0.29) is 6.61 Å². The van der Waals surface area contributed by atoms with Crippen LogP contribution in [0.3, 0.4) is 0 Å². The van der Waals surface area contributed by atoms with Gasteiger partial charge in [-0.05, 0) is 49.1 Å². The molecule has 0 amide bonds. The molecule has 0 aliphatic heterocycles. The number of rotatable bonds is 12. The predicted molar refractivity (Wildman–Crippen MR) is 109 cm³/mol. The van der Waals surface area contributed by atoms with Crippen LogP contribution in [0.1, 0.15) is 84.5 Å². The SMILES string of the molecule is CCCCC[C@H]1CC[C@H](C(CCC)CC(F)COc2ccccc2)CC1. The van der Waals surface area contributed by atoms with Crippen LogP contribution in [0.25, 0.3) is 0 Å². The number of unbranched alkanes of at least 4 members (excludes halogenated alkanes) is 2. The van der Waals surface area contributed by atoms with Crippen molar-refractivity contribution < 1.29 is 9.13 Å². The van der Waals surface area contributed by atoms with E-state index in [0.29, 0.717) is 12.3 Å². The van der Waals surface area contributed by atoms with Gasteiger partial charge in [-0.3, -0.25) is 0 Å². The quantitative estimate of drug-likeness (QED) is 0.348. The Kier molecular flexibility index (Phi) is 10.1. The minimum absolute atomic E-state index is 0.191. The summed E-state index contributed by atoms with van der Waals surface area (Å²) in [5, 5.41) is 0. The van der Waals surface area contributed by atoms with Crippen LogP contribution in [-0.4, -0.2) is 12.8 Å². The van der Waals surface area contributed by atoms with E-state index in [4.69, 9.17) is 4.74 Å². The first-order valence-electron chi connectivity index (χ1n) is 11.0. The Morgan fingerprint density at radius 1 is 1.00 bits per heavy atom. The maximum atomic E-state index is 14.6. The monoisotopic (exact) mass is 362 g/mol. The van der Waals surface area contributed by atoms with Crippen molar-refractivity contribution in [1.29, 1.82) is 0 Å². The van der Waals surface area contributed by atoms with E-state index in [2.05, 4.69) is 13.8 Å². The highest BCUT2D eigenvalue weighted by atomic mass is 19.1. The molecule has 1 saturated carbocycles. The number of para-hydroxylation sites is 1. The minimum atomic E-state index is -0.853. The average Bonchev–Trinajstić information content (AvgIpc) is 2.68. The van der Waals surface area contributed by atoms with Crippen LogP contribution in [0, 0.1) is 17.8 Å². The molecule has 2 rings (SSSR count). The van der Waals surface area contributed by atoms with Gasteiger partial charge in [0.05, 0.1) is 0 Å². The van der Waals surface area contributed by atoms with Gasteiger partial charge in [0.2, 0.25) is 0 Å². The van der Waals surface area contributed by atoms with Crippen LogP contribution in [0.2, 0.25) is 0 Å². The first kappa shape index (κ1) is 21.3. The number of halogens is 1. The molecule has 1 aliphatic rings. The van der Waals surface area contributed by atoms with Crippen molar-refractivity contribution in [3.8, 4) is 5.75 Å². The molecule has 0 bridgehead atoms. The zero-order valence-corrected chi connectivity index (χ0v) is 17.0. The van der Waals surface area contributed by atoms with Gasteiger partial charge in [0.25, 0.3) is 0 Å². The number of hydrogen-bond acceptors (Lipinski definition) is 1. The summed E-state index contributed by atoms with van der Waals surface area (Å²) in [5.41, 5.74) is 0. The zero-order valence-electron chi connectivity index (χ0n) is 17.0. The third-order valence-electron chi connectivity index (χ3n) is 6.17. The van der Waals surface area contributed by atoms with Gasteiger partial charge in [-0.2, -0.15) is 0 Å². The van der Waals surface area contributed by atoms with Gasteiger partial charge >= 0.3 is 0 Å². The Hall–Kier alpha value is -1.05. The molecule has 1 aliphatic carbocycles. The Morgan fingerprint density at radius 2 is 1.73 bits per heavy atom. The van der Waals surface area contributed by atoms with Gasteiger partial charge in [0.15, 0.2) is 0 Å². The lowest BCUT2D eigenvalue weighted by atomic mass is 9.72. The van der Waals surface area contributed by atoms with Crippen molar-refractivity contribution in [3.05, 3.63) is 30.3 Å². The molecule has 0 saturated heterocycles. The normalized spacial score (nSPS) is 22.7. The van der Waals surface area contributed by atoms with Crippen molar-refractivity contribution in [1.82, 2.24) is 0 Å². The zero-order chi connectivity index (χ0) is 18.6. The van der Waals surface area contributed by atoms with Crippen molar-refractivity contribution >= 4 is 0 Å². The maximum Gasteiger partial charge on any atom is 0.134 e. The Bertz CT molecular complexity index is 453. The molecule has 1 aromatic carbocycles. The molecule has 1 nitrogen and oxygen atoms in total.